The van der Waals surface area contributed by atoms with Crippen molar-refractivity contribution in [2.24, 2.45) is 0 Å². The molecule has 0 fully saturated rings. The molecule has 0 saturated carbocycles. The summed E-state index contributed by atoms with van der Waals surface area (Å²) in [4.78, 5) is 4.29. The predicted molar refractivity (Wildman–Crippen MR) is 85.5 cm³/mol. The Kier molecular flexibility index (Phi) is 5.27. The van der Waals surface area contributed by atoms with E-state index in [1.165, 1.54) is 0 Å². The predicted octanol–water partition coefficient (Wildman–Crippen LogP) is 1.65. The molecule has 1 aromatic heterocycles. The van der Waals surface area contributed by atoms with Crippen LogP contribution in [-0.2, 0) is 15.8 Å². The van der Waals surface area contributed by atoms with Crippen molar-refractivity contribution in [3.05, 3.63) is 42.1 Å². The van der Waals surface area contributed by atoms with Gasteiger partial charge in [-0.05, 0) is 25.1 Å². The highest BCUT2D eigenvalue weighted by Crippen LogP contribution is 2.17. The summed E-state index contributed by atoms with van der Waals surface area (Å²) in [5.41, 5.74) is 1.46. The van der Waals surface area contributed by atoms with Crippen molar-refractivity contribution in [2.75, 3.05) is 13.1 Å². The van der Waals surface area contributed by atoms with Crippen LogP contribution in [0.4, 0.5) is 0 Å². The van der Waals surface area contributed by atoms with E-state index in [0.717, 1.165) is 23.0 Å². The van der Waals surface area contributed by atoms with Crippen LogP contribution >= 0.6 is 0 Å². The summed E-state index contributed by atoms with van der Waals surface area (Å²) < 4.78 is 27.0. The number of hydrogen-bond donors (Lipinski definition) is 2. The first-order chi connectivity index (χ1) is 10.0. The van der Waals surface area contributed by atoms with Gasteiger partial charge < -0.3 is 5.32 Å². The Hall–Kier alpha value is -1.50. The first kappa shape index (κ1) is 15.9. The van der Waals surface area contributed by atoms with Crippen LogP contribution in [0.1, 0.15) is 19.4 Å². The summed E-state index contributed by atoms with van der Waals surface area (Å²) in [7, 11) is -3.37. The highest BCUT2D eigenvalue weighted by molar-refractivity contribution is 7.88. The minimum absolute atomic E-state index is 0.0554. The van der Waals surface area contributed by atoms with Crippen molar-refractivity contribution in [1.82, 2.24) is 15.0 Å². The Morgan fingerprint density at radius 3 is 2.76 bits per heavy atom. The molecular weight excluding hydrogens is 286 g/mol. The van der Waals surface area contributed by atoms with Gasteiger partial charge in [0.05, 0.1) is 11.3 Å². The first-order valence-electron chi connectivity index (χ1n) is 7.05. The number of nitrogens with zero attached hydrogens (tertiary/aromatic N) is 1. The van der Waals surface area contributed by atoms with Crippen molar-refractivity contribution >= 4 is 20.9 Å². The fourth-order valence-electron chi connectivity index (χ4n) is 2.21. The molecule has 5 nitrogen and oxygen atoms in total. The molecule has 0 aliphatic carbocycles. The van der Waals surface area contributed by atoms with E-state index in [1.54, 1.807) is 6.20 Å². The van der Waals surface area contributed by atoms with Gasteiger partial charge in [-0.15, -0.1) is 0 Å². The number of rotatable bonds is 7. The molecule has 1 aromatic carbocycles. The second kappa shape index (κ2) is 6.98. The number of aromatic nitrogens is 1. The molecule has 0 amide bonds. The average Bonchev–Trinajstić information content (AvgIpc) is 2.46. The Balaban J connectivity index is 2.12. The summed E-state index contributed by atoms with van der Waals surface area (Å²) in [5.74, 6) is -0.0554. The number of sulfonamides is 1. The third-order valence-corrected chi connectivity index (χ3v) is 4.52. The summed E-state index contributed by atoms with van der Waals surface area (Å²) >= 11 is 0. The van der Waals surface area contributed by atoms with Crippen molar-refractivity contribution < 1.29 is 8.42 Å². The minimum Gasteiger partial charge on any atom is -0.313 e. The lowest BCUT2D eigenvalue weighted by Gasteiger charge is -2.14. The van der Waals surface area contributed by atoms with Crippen LogP contribution in [0.5, 0.6) is 0 Å². The summed E-state index contributed by atoms with van der Waals surface area (Å²) in [6.07, 6.45) is 1.68. The number of hydrogen-bond acceptors (Lipinski definition) is 4. The molecule has 0 saturated heterocycles. The normalized spacial score (nSPS) is 13.4. The van der Waals surface area contributed by atoms with Gasteiger partial charge in [-0.3, -0.25) is 4.98 Å². The van der Waals surface area contributed by atoms with Gasteiger partial charge in [0.2, 0.25) is 10.0 Å². The van der Waals surface area contributed by atoms with Crippen molar-refractivity contribution in [3.63, 3.8) is 0 Å². The molecule has 2 N–H and O–H groups in total. The van der Waals surface area contributed by atoms with Gasteiger partial charge in [-0.2, -0.15) is 0 Å². The lowest BCUT2D eigenvalue weighted by atomic mass is 10.1. The number of pyridine rings is 1. The van der Waals surface area contributed by atoms with Gasteiger partial charge in [-0.1, -0.05) is 31.2 Å². The number of nitrogens with one attached hydrogen (secondary N) is 2. The Bertz CT molecular complexity index is 696. The third-order valence-electron chi connectivity index (χ3n) is 3.22. The van der Waals surface area contributed by atoms with Crippen LogP contribution in [0, 0.1) is 0 Å². The van der Waals surface area contributed by atoms with Gasteiger partial charge in [0.25, 0.3) is 0 Å². The highest BCUT2D eigenvalue weighted by atomic mass is 32.2. The zero-order chi connectivity index (χ0) is 15.3. The molecule has 2 aromatic rings. The van der Waals surface area contributed by atoms with Gasteiger partial charge in [0, 0.05) is 24.2 Å². The van der Waals surface area contributed by atoms with Crippen LogP contribution in [0.25, 0.3) is 10.9 Å². The van der Waals surface area contributed by atoms with E-state index in [9.17, 15) is 8.42 Å². The third kappa shape index (κ3) is 4.49. The molecule has 0 aliphatic rings. The first-order valence-corrected chi connectivity index (χ1v) is 8.70. The van der Waals surface area contributed by atoms with Crippen molar-refractivity contribution in [3.8, 4) is 0 Å². The number of likely N-dealkylation sites (N-methyl/N-ethyl adjacent to an activating group) is 1. The Labute approximate surface area is 125 Å². The molecule has 0 bridgehead atoms. The van der Waals surface area contributed by atoms with E-state index in [-0.39, 0.29) is 11.8 Å². The fourth-order valence-corrected chi connectivity index (χ4v) is 3.46. The largest absolute Gasteiger partial charge is 0.313 e. The van der Waals surface area contributed by atoms with Crippen molar-refractivity contribution in [2.45, 2.75) is 25.6 Å². The topological polar surface area (TPSA) is 71.1 Å². The molecule has 0 radical (unpaired) electrons. The number of benzene rings is 1. The summed E-state index contributed by atoms with van der Waals surface area (Å²) in [6.45, 7) is 5.14. The second-order valence-corrected chi connectivity index (χ2v) is 6.87. The van der Waals surface area contributed by atoms with E-state index in [2.05, 4.69) is 15.0 Å². The standard InChI is InChI=1S/C15H21N3O2S/c1-3-16-12(2)10-18-21(19,20)11-14-7-4-6-13-8-5-9-17-15(13)14/h4-9,12,16,18H,3,10-11H2,1-2H3/t12-/m1/s1. The van der Waals surface area contributed by atoms with E-state index >= 15 is 0 Å². The van der Waals surface area contributed by atoms with E-state index in [1.807, 2.05) is 44.2 Å². The van der Waals surface area contributed by atoms with Crippen LogP contribution in [0.3, 0.4) is 0 Å². The van der Waals surface area contributed by atoms with E-state index in [4.69, 9.17) is 0 Å². The number of para-hydroxylation sites is 1. The van der Waals surface area contributed by atoms with Crippen LogP contribution in [0.2, 0.25) is 0 Å². The molecule has 2 rings (SSSR count). The molecule has 0 unspecified atom stereocenters. The SMILES string of the molecule is CCN[C@H](C)CNS(=O)(=O)Cc1cccc2cccnc12. The number of fused-ring (bicyclic) bond motifs is 1. The summed E-state index contributed by atoms with van der Waals surface area (Å²) in [5, 5.41) is 4.12. The molecule has 21 heavy (non-hydrogen) atoms. The smallest absolute Gasteiger partial charge is 0.215 e. The lowest BCUT2D eigenvalue weighted by molar-refractivity contribution is 0.536. The van der Waals surface area contributed by atoms with Crippen LogP contribution in [-0.4, -0.2) is 32.5 Å². The molecular formula is C15H21N3O2S. The van der Waals surface area contributed by atoms with Crippen LogP contribution < -0.4 is 10.0 Å². The van der Waals surface area contributed by atoms with Gasteiger partial charge in [0.15, 0.2) is 0 Å². The zero-order valence-electron chi connectivity index (χ0n) is 12.3. The van der Waals surface area contributed by atoms with Crippen LogP contribution in [0.15, 0.2) is 36.5 Å². The second-order valence-electron chi connectivity index (χ2n) is 5.06. The maximum Gasteiger partial charge on any atom is 0.215 e. The zero-order valence-corrected chi connectivity index (χ0v) is 13.2. The maximum absolute atomic E-state index is 12.2. The van der Waals surface area contributed by atoms with Gasteiger partial charge in [0.1, 0.15) is 0 Å². The van der Waals surface area contributed by atoms with Gasteiger partial charge in [-0.25, -0.2) is 13.1 Å². The Morgan fingerprint density at radius 2 is 2.00 bits per heavy atom. The minimum atomic E-state index is -3.37. The molecule has 0 spiro atoms. The Morgan fingerprint density at radius 1 is 1.24 bits per heavy atom. The molecule has 0 aliphatic heterocycles. The maximum atomic E-state index is 12.2. The molecule has 1 atom stereocenters. The molecule has 114 valence electrons. The molecule has 1 heterocycles. The van der Waals surface area contributed by atoms with Crippen molar-refractivity contribution in [1.29, 1.82) is 0 Å². The van der Waals surface area contributed by atoms with Gasteiger partial charge >= 0.3 is 0 Å². The monoisotopic (exact) mass is 307 g/mol. The summed E-state index contributed by atoms with van der Waals surface area (Å²) in [6, 6.07) is 9.48. The fraction of sp³-hybridized carbons (Fsp3) is 0.400. The van der Waals surface area contributed by atoms with E-state index in [0.29, 0.717) is 6.54 Å². The molecule has 6 heteroatoms. The van der Waals surface area contributed by atoms with E-state index < -0.39 is 10.0 Å². The average molecular weight is 307 g/mol. The highest BCUT2D eigenvalue weighted by Gasteiger charge is 2.15. The quantitative estimate of drug-likeness (QED) is 0.816. The lowest BCUT2D eigenvalue weighted by Crippen LogP contribution is -2.39.